The molecule has 0 aliphatic carbocycles. The van der Waals surface area contributed by atoms with E-state index in [0.717, 1.165) is 21.8 Å². The van der Waals surface area contributed by atoms with Gasteiger partial charge < -0.3 is 21.1 Å². The number of thiophene rings is 1. The van der Waals surface area contributed by atoms with Crippen molar-refractivity contribution in [2.45, 2.75) is 6.54 Å². The number of hydrogen-bond donors (Lipinski definition) is 3. The van der Waals surface area contributed by atoms with Gasteiger partial charge in [0, 0.05) is 4.88 Å². The number of hydrogen-bond acceptors (Lipinski definition) is 5. The average Bonchev–Trinajstić information content (AvgIpc) is 3.06. The van der Waals surface area contributed by atoms with Crippen LogP contribution in [-0.4, -0.2) is 32.0 Å². The number of carbonyl (C=O) groups is 2. The van der Waals surface area contributed by atoms with Crippen LogP contribution in [0.15, 0.2) is 35.7 Å². The number of benzene rings is 1. The minimum atomic E-state index is -0.349. The van der Waals surface area contributed by atoms with Crippen LogP contribution in [0.2, 0.25) is 0 Å². The molecule has 0 atom stereocenters. The molecular weight excluding hydrogens is 314 g/mol. The Kier molecular flexibility index (Phi) is 6.13. The fourth-order valence-electron chi connectivity index (χ4n) is 1.91. The summed E-state index contributed by atoms with van der Waals surface area (Å²) in [5, 5.41) is 7.22. The third kappa shape index (κ3) is 5.08. The van der Waals surface area contributed by atoms with Gasteiger partial charge in [0.05, 0.1) is 26.7 Å². The van der Waals surface area contributed by atoms with Crippen molar-refractivity contribution in [2.75, 3.05) is 20.2 Å². The minimum Gasteiger partial charge on any atom is -0.497 e. The summed E-state index contributed by atoms with van der Waals surface area (Å²) in [4.78, 5) is 23.6. The molecule has 4 N–H and O–H groups in total. The smallest absolute Gasteiger partial charge is 0.239 e. The number of amides is 2. The molecule has 1 aromatic carbocycles. The summed E-state index contributed by atoms with van der Waals surface area (Å²) >= 11 is 1.57. The number of ether oxygens (including phenoxy) is 1. The molecule has 1 aromatic heterocycles. The van der Waals surface area contributed by atoms with E-state index >= 15 is 0 Å². The second-order valence-corrected chi connectivity index (χ2v) is 5.78. The van der Waals surface area contributed by atoms with Crippen LogP contribution >= 0.6 is 11.3 Å². The maximum absolute atomic E-state index is 11.6. The van der Waals surface area contributed by atoms with Crippen LogP contribution < -0.4 is 21.1 Å². The largest absolute Gasteiger partial charge is 0.497 e. The molecule has 0 bridgehead atoms. The van der Waals surface area contributed by atoms with Gasteiger partial charge in [0.25, 0.3) is 0 Å². The van der Waals surface area contributed by atoms with E-state index in [1.165, 1.54) is 0 Å². The third-order valence-electron chi connectivity index (χ3n) is 3.17. The van der Waals surface area contributed by atoms with Crippen molar-refractivity contribution in [1.82, 2.24) is 10.6 Å². The number of nitrogens with two attached hydrogens (primary N) is 1. The summed E-state index contributed by atoms with van der Waals surface area (Å²) in [5.41, 5.74) is 7.34. The molecule has 122 valence electrons. The molecule has 6 nitrogen and oxygen atoms in total. The molecule has 0 aliphatic heterocycles. The lowest BCUT2D eigenvalue weighted by Crippen LogP contribution is -2.39. The van der Waals surface area contributed by atoms with E-state index in [1.807, 2.05) is 35.7 Å². The van der Waals surface area contributed by atoms with Gasteiger partial charge in [-0.05, 0) is 34.7 Å². The van der Waals surface area contributed by atoms with Crippen molar-refractivity contribution < 1.29 is 14.3 Å². The van der Waals surface area contributed by atoms with Crippen LogP contribution in [0.3, 0.4) is 0 Å². The first-order valence-electron chi connectivity index (χ1n) is 7.07. The Balaban J connectivity index is 1.86. The predicted molar refractivity (Wildman–Crippen MR) is 90.2 cm³/mol. The molecule has 0 fully saturated rings. The maximum Gasteiger partial charge on any atom is 0.239 e. The van der Waals surface area contributed by atoms with Gasteiger partial charge >= 0.3 is 0 Å². The molecule has 2 amide bonds. The van der Waals surface area contributed by atoms with Gasteiger partial charge in [-0.3, -0.25) is 9.59 Å². The van der Waals surface area contributed by atoms with Gasteiger partial charge in [-0.15, -0.1) is 11.3 Å². The first-order valence-corrected chi connectivity index (χ1v) is 7.95. The first-order chi connectivity index (χ1) is 11.1. The van der Waals surface area contributed by atoms with Crippen LogP contribution in [0.4, 0.5) is 0 Å². The van der Waals surface area contributed by atoms with Crippen molar-refractivity contribution in [1.29, 1.82) is 0 Å². The summed E-state index contributed by atoms with van der Waals surface area (Å²) in [7, 11) is 1.64. The van der Waals surface area contributed by atoms with Gasteiger partial charge in [0.2, 0.25) is 11.8 Å². The highest BCUT2D eigenvalue weighted by atomic mass is 32.1. The van der Waals surface area contributed by atoms with E-state index in [1.54, 1.807) is 18.4 Å². The van der Waals surface area contributed by atoms with E-state index in [0.29, 0.717) is 6.54 Å². The van der Waals surface area contributed by atoms with Gasteiger partial charge in [-0.1, -0.05) is 12.1 Å². The Morgan fingerprint density at radius 3 is 2.52 bits per heavy atom. The maximum atomic E-state index is 11.6. The fourth-order valence-corrected chi connectivity index (χ4v) is 2.74. The zero-order chi connectivity index (χ0) is 16.7. The van der Waals surface area contributed by atoms with Crippen LogP contribution in [0.1, 0.15) is 4.88 Å². The summed E-state index contributed by atoms with van der Waals surface area (Å²) in [6, 6.07) is 9.84. The van der Waals surface area contributed by atoms with Gasteiger partial charge in [0.15, 0.2) is 0 Å². The second kappa shape index (κ2) is 8.30. The van der Waals surface area contributed by atoms with Gasteiger partial charge in [0.1, 0.15) is 5.75 Å². The van der Waals surface area contributed by atoms with Gasteiger partial charge in [-0.2, -0.15) is 0 Å². The molecule has 1 heterocycles. The first kappa shape index (κ1) is 17.0. The second-order valence-electron chi connectivity index (χ2n) is 4.79. The Labute approximate surface area is 138 Å². The molecule has 0 saturated heterocycles. The molecule has 0 radical (unpaired) electrons. The standard InChI is InChI=1S/C16H19N3O3S/c1-22-13-4-2-11(3-5-13)12-6-14(23-10-12)8-18-16(21)9-19-15(20)7-17/h2-6,10H,7-9,17H2,1H3,(H,18,21)(H,19,20). The number of rotatable bonds is 7. The molecule has 2 aromatic rings. The van der Waals surface area contributed by atoms with Crippen LogP contribution in [0, 0.1) is 0 Å². The van der Waals surface area contributed by atoms with Crippen molar-refractivity contribution in [3.63, 3.8) is 0 Å². The SMILES string of the molecule is COc1ccc(-c2csc(CNC(=O)CNC(=O)CN)c2)cc1. The van der Waals surface area contributed by atoms with E-state index in [9.17, 15) is 9.59 Å². The number of methoxy groups -OCH3 is 1. The van der Waals surface area contributed by atoms with Crippen molar-refractivity contribution >= 4 is 23.2 Å². The molecule has 7 heteroatoms. The summed E-state index contributed by atoms with van der Waals surface area (Å²) in [6.07, 6.45) is 0. The van der Waals surface area contributed by atoms with Crippen molar-refractivity contribution in [2.24, 2.45) is 5.73 Å². The zero-order valence-corrected chi connectivity index (χ0v) is 13.6. The lowest BCUT2D eigenvalue weighted by molar-refractivity contribution is -0.125. The number of nitrogens with one attached hydrogen (secondary N) is 2. The highest BCUT2D eigenvalue weighted by Gasteiger charge is 2.06. The Hall–Kier alpha value is -2.38. The summed E-state index contributed by atoms with van der Waals surface area (Å²) < 4.78 is 5.14. The zero-order valence-electron chi connectivity index (χ0n) is 12.8. The molecule has 0 aliphatic rings. The van der Waals surface area contributed by atoms with Crippen molar-refractivity contribution in [3.05, 3.63) is 40.6 Å². The van der Waals surface area contributed by atoms with Crippen molar-refractivity contribution in [3.8, 4) is 16.9 Å². The van der Waals surface area contributed by atoms with E-state index < -0.39 is 0 Å². The third-order valence-corrected chi connectivity index (χ3v) is 4.11. The topological polar surface area (TPSA) is 93.5 Å². The molecule has 23 heavy (non-hydrogen) atoms. The Morgan fingerprint density at radius 2 is 1.87 bits per heavy atom. The average molecular weight is 333 g/mol. The molecular formula is C16H19N3O3S. The van der Waals surface area contributed by atoms with E-state index in [2.05, 4.69) is 10.6 Å². The number of carbonyl (C=O) groups excluding carboxylic acids is 2. The molecule has 0 saturated carbocycles. The summed E-state index contributed by atoms with van der Waals surface area (Å²) in [5.74, 6) is 0.222. The predicted octanol–water partition coefficient (Wildman–Crippen LogP) is 1.11. The molecule has 0 spiro atoms. The Bertz CT molecular complexity index is 667. The molecule has 2 rings (SSSR count). The lowest BCUT2D eigenvalue weighted by atomic mass is 10.1. The summed E-state index contributed by atoms with van der Waals surface area (Å²) in [6.45, 7) is 0.244. The van der Waals surface area contributed by atoms with Gasteiger partial charge in [-0.25, -0.2) is 0 Å². The lowest BCUT2D eigenvalue weighted by Gasteiger charge is -2.04. The quantitative estimate of drug-likeness (QED) is 0.708. The highest BCUT2D eigenvalue weighted by molar-refractivity contribution is 7.10. The Morgan fingerprint density at radius 1 is 1.13 bits per heavy atom. The van der Waals surface area contributed by atoms with Crippen LogP contribution in [0.25, 0.3) is 11.1 Å². The van der Waals surface area contributed by atoms with Crippen LogP contribution in [-0.2, 0) is 16.1 Å². The van der Waals surface area contributed by atoms with E-state index in [-0.39, 0.29) is 24.9 Å². The monoisotopic (exact) mass is 333 g/mol. The minimum absolute atomic E-state index is 0.0628. The highest BCUT2D eigenvalue weighted by Crippen LogP contribution is 2.27. The molecule has 0 unspecified atom stereocenters. The fraction of sp³-hybridized carbons (Fsp3) is 0.250. The normalized spacial score (nSPS) is 10.2. The van der Waals surface area contributed by atoms with Crippen LogP contribution in [0.5, 0.6) is 5.75 Å². The van der Waals surface area contributed by atoms with E-state index in [4.69, 9.17) is 10.5 Å².